The molecule has 1 aliphatic carbocycles. The van der Waals surface area contributed by atoms with Crippen molar-refractivity contribution >= 4 is 0 Å². The van der Waals surface area contributed by atoms with Crippen LogP contribution in [0.1, 0.15) is 24.8 Å². The number of methoxy groups -OCH3 is 1. The molecule has 0 amide bonds. The molecule has 7 heteroatoms. The Kier molecular flexibility index (Phi) is 6.01. The topological polar surface area (TPSA) is 119 Å². The number of nitrogens with two attached hydrogens (primary N) is 1. The Labute approximate surface area is 177 Å². The Morgan fingerprint density at radius 1 is 1.23 bits per heavy atom. The summed E-state index contributed by atoms with van der Waals surface area (Å²) >= 11 is 0. The van der Waals surface area contributed by atoms with Gasteiger partial charge in [-0.15, -0.1) is 0 Å². The molecule has 0 saturated heterocycles. The van der Waals surface area contributed by atoms with Gasteiger partial charge in [0, 0.05) is 24.9 Å². The first-order valence-electron chi connectivity index (χ1n) is 9.89. The van der Waals surface area contributed by atoms with E-state index in [2.05, 4.69) is 23.1 Å². The van der Waals surface area contributed by atoms with Crippen molar-refractivity contribution in [2.45, 2.75) is 19.3 Å². The van der Waals surface area contributed by atoms with Gasteiger partial charge in [-0.05, 0) is 36.7 Å². The van der Waals surface area contributed by atoms with E-state index in [1.807, 2.05) is 32.2 Å². The lowest BCUT2D eigenvalue weighted by molar-refractivity contribution is 0.237. The molecule has 1 aromatic rings. The van der Waals surface area contributed by atoms with Gasteiger partial charge in [-0.3, -0.25) is 0 Å². The van der Waals surface area contributed by atoms with Gasteiger partial charge in [-0.2, -0.15) is 15.8 Å². The number of allylic oxidation sites excluding steroid dienone is 2. The third-order valence-electron chi connectivity index (χ3n) is 5.86. The standard InChI is InChI=1S/C23H25N5O2/c1-4-9-30-19-6-5-15(10-20(19)29-3)21-18-12-28(2)8-7-16(18)17(11-24)22(27)23(21,13-25)14-26/h5-7,10,18,21H,4,8-9,12,27H2,1-3H3/t18-,21+/m1/s1. The number of fused-ring (bicyclic) bond motifs is 1. The zero-order valence-electron chi connectivity index (χ0n) is 17.5. The number of rotatable bonds is 5. The van der Waals surface area contributed by atoms with E-state index in [4.69, 9.17) is 15.2 Å². The molecule has 3 rings (SSSR count). The molecule has 0 bridgehead atoms. The van der Waals surface area contributed by atoms with E-state index < -0.39 is 11.3 Å². The molecule has 0 fully saturated rings. The predicted octanol–water partition coefficient (Wildman–Crippen LogP) is 2.84. The molecule has 2 atom stereocenters. The van der Waals surface area contributed by atoms with Gasteiger partial charge >= 0.3 is 0 Å². The zero-order chi connectivity index (χ0) is 21.9. The fourth-order valence-corrected chi connectivity index (χ4v) is 4.41. The Morgan fingerprint density at radius 2 is 1.97 bits per heavy atom. The molecule has 154 valence electrons. The number of hydrogen-bond donors (Lipinski definition) is 1. The van der Waals surface area contributed by atoms with Crippen molar-refractivity contribution in [3.63, 3.8) is 0 Å². The van der Waals surface area contributed by atoms with Crippen LogP contribution in [0, 0.1) is 45.3 Å². The maximum atomic E-state index is 10.1. The minimum absolute atomic E-state index is 0.0253. The van der Waals surface area contributed by atoms with Crippen molar-refractivity contribution in [2.24, 2.45) is 17.1 Å². The summed E-state index contributed by atoms with van der Waals surface area (Å²) < 4.78 is 11.3. The Hall–Kier alpha value is -3.47. The molecule has 7 nitrogen and oxygen atoms in total. The summed E-state index contributed by atoms with van der Waals surface area (Å²) in [6, 6.07) is 11.9. The van der Waals surface area contributed by atoms with Crippen LogP contribution >= 0.6 is 0 Å². The van der Waals surface area contributed by atoms with Crippen LogP contribution in [0.15, 0.2) is 41.1 Å². The molecule has 1 heterocycles. The minimum Gasteiger partial charge on any atom is -0.493 e. The third-order valence-corrected chi connectivity index (χ3v) is 5.86. The average molecular weight is 403 g/mol. The smallest absolute Gasteiger partial charge is 0.191 e. The zero-order valence-corrected chi connectivity index (χ0v) is 17.5. The predicted molar refractivity (Wildman–Crippen MR) is 111 cm³/mol. The van der Waals surface area contributed by atoms with Crippen molar-refractivity contribution in [1.82, 2.24) is 4.90 Å². The van der Waals surface area contributed by atoms with Gasteiger partial charge in [-0.25, -0.2) is 0 Å². The molecule has 2 N–H and O–H groups in total. The molecule has 2 aliphatic rings. The van der Waals surface area contributed by atoms with Crippen LogP contribution < -0.4 is 15.2 Å². The van der Waals surface area contributed by atoms with Crippen molar-refractivity contribution in [3.8, 4) is 29.7 Å². The number of nitrogens with zero attached hydrogens (tertiary/aromatic N) is 4. The van der Waals surface area contributed by atoms with E-state index in [1.54, 1.807) is 13.2 Å². The van der Waals surface area contributed by atoms with E-state index in [0.717, 1.165) is 17.6 Å². The quantitative estimate of drug-likeness (QED) is 0.803. The highest BCUT2D eigenvalue weighted by atomic mass is 16.5. The first kappa shape index (κ1) is 21.2. The Morgan fingerprint density at radius 3 is 2.57 bits per heavy atom. The summed E-state index contributed by atoms with van der Waals surface area (Å²) in [5, 5.41) is 30.0. The highest BCUT2D eigenvalue weighted by Gasteiger charge is 2.54. The summed E-state index contributed by atoms with van der Waals surface area (Å²) in [7, 11) is 3.53. The first-order chi connectivity index (χ1) is 14.5. The molecule has 0 saturated carbocycles. The van der Waals surface area contributed by atoms with Crippen molar-refractivity contribution in [1.29, 1.82) is 15.8 Å². The lowest BCUT2D eigenvalue weighted by atomic mass is 9.58. The van der Waals surface area contributed by atoms with Gasteiger partial charge < -0.3 is 20.1 Å². The summed E-state index contributed by atoms with van der Waals surface area (Å²) in [5.74, 6) is 0.370. The maximum absolute atomic E-state index is 10.1. The van der Waals surface area contributed by atoms with Gasteiger partial charge in [0.15, 0.2) is 16.9 Å². The Balaban J connectivity index is 2.23. The normalized spacial score (nSPS) is 22.7. The van der Waals surface area contributed by atoms with Crippen LogP contribution in [-0.4, -0.2) is 38.8 Å². The van der Waals surface area contributed by atoms with Crippen molar-refractivity contribution in [3.05, 3.63) is 46.7 Å². The molecule has 0 radical (unpaired) electrons. The average Bonchev–Trinajstić information content (AvgIpc) is 2.77. The van der Waals surface area contributed by atoms with Crippen LogP contribution in [0.25, 0.3) is 0 Å². The molecule has 30 heavy (non-hydrogen) atoms. The van der Waals surface area contributed by atoms with Crippen molar-refractivity contribution < 1.29 is 9.47 Å². The Bertz CT molecular complexity index is 1010. The number of benzene rings is 1. The van der Waals surface area contributed by atoms with Crippen LogP contribution in [-0.2, 0) is 0 Å². The molecule has 0 spiro atoms. The van der Waals surface area contributed by atoms with Gasteiger partial charge in [-0.1, -0.05) is 19.1 Å². The molecule has 1 aliphatic heterocycles. The van der Waals surface area contributed by atoms with Crippen LogP contribution in [0.2, 0.25) is 0 Å². The molecular weight excluding hydrogens is 378 g/mol. The molecule has 1 aromatic carbocycles. The lowest BCUT2D eigenvalue weighted by Gasteiger charge is -2.45. The summed E-state index contributed by atoms with van der Waals surface area (Å²) in [6.07, 6.45) is 2.83. The van der Waals surface area contributed by atoms with E-state index in [1.165, 1.54) is 0 Å². The highest BCUT2D eigenvalue weighted by Crippen LogP contribution is 2.54. The number of nitriles is 3. The van der Waals surface area contributed by atoms with Gasteiger partial charge in [0.05, 0.1) is 37.1 Å². The van der Waals surface area contributed by atoms with Crippen LogP contribution in [0.5, 0.6) is 11.5 Å². The third kappa shape index (κ3) is 3.26. The molecular formula is C23H25N5O2. The molecule has 0 unspecified atom stereocenters. The minimum atomic E-state index is -1.65. The monoisotopic (exact) mass is 403 g/mol. The van der Waals surface area contributed by atoms with Crippen LogP contribution in [0.4, 0.5) is 0 Å². The first-order valence-corrected chi connectivity index (χ1v) is 9.89. The van der Waals surface area contributed by atoms with Gasteiger partial charge in [0.25, 0.3) is 0 Å². The van der Waals surface area contributed by atoms with Gasteiger partial charge in [0.1, 0.15) is 6.07 Å². The fourth-order valence-electron chi connectivity index (χ4n) is 4.41. The number of likely N-dealkylation sites (N-methyl/N-ethyl adjacent to an activating group) is 1. The number of ether oxygens (including phenoxy) is 2. The SMILES string of the molecule is CCCOc1ccc([C@H]2[C@@H]3CN(C)CC=C3C(C#N)=C(N)C2(C#N)C#N)cc1OC. The van der Waals surface area contributed by atoms with E-state index in [0.29, 0.717) is 31.2 Å². The van der Waals surface area contributed by atoms with E-state index in [9.17, 15) is 15.8 Å². The maximum Gasteiger partial charge on any atom is 0.191 e. The second-order valence-electron chi connectivity index (χ2n) is 7.66. The summed E-state index contributed by atoms with van der Waals surface area (Å²) in [5.41, 5.74) is 6.52. The molecule has 0 aromatic heterocycles. The highest BCUT2D eigenvalue weighted by molar-refractivity contribution is 5.60. The van der Waals surface area contributed by atoms with Gasteiger partial charge in [0.2, 0.25) is 0 Å². The van der Waals surface area contributed by atoms with Crippen molar-refractivity contribution in [2.75, 3.05) is 33.9 Å². The number of hydrogen-bond acceptors (Lipinski definition) is 7. The van der Waals surface area contributed by atoms with E-state index in [-0.39, 0.29) is 17.2 Å². The summed E-state index contributed by atoms with van der Waals surface area (Å²) in [6.45, 7) is 3.86. The van der Waals surface area contributed by atoms with Crippen LogP contribution in [0.3, 0.4) is 0 Å². The second-order valence-corrected chi connectivity index (χ2v) is 7.66. The second kappa shape index (κ2) is 8.49. The summed E-state index contributed by atoms with van der Waals surface area (Å²) in [4.78, 5) is 2.10. The fraction of sp³-hybridized carbons (Fsp3) is 0.435. The largest absolute Gasteiger partial charge is 0.493 e. The van der Waals surface area contributed by atoms with E-state index >= 15 is 0 Å². The lowest BCUT2D eigenvalue weighted by Crippen LogP contribution is -2.47.